The predicted octanol–water partition coefficient (Wildman–Crippen LogP) is 5.19. The number of benzene rings is 2. The summed E-state index contributed by atoms with van der Waals surface area (Å²) in [4.78, 5) is 66.5. The Morgan fingerprint density at radius 3 is 1.15 bits per heavy atom. The summed E-state index contributed by atoms with van der Waals surface area (Å²) in [6.45, 7) is 9.56. The van der Waals surface area contributed by atoms with Crippen molar-refractivity contribution < 1.29 is 38.6 Å². The molecule has 0 aliphatic carbocycles. The molecular weight excluding hydrogens is 1050 g/mol. The molecule has 0 aliphatic rings. The Balaban J connectivity index is 0.000000217. The molecule has 0 spiro atoms. The molecule has 10 rings (SSSR count). The molecule has 81 heavy (non-hydrogen) atoms. The summed E-state index contributed by atoms with van der Waals surface area (Å²) in [7, 11) is 0. The van der Waals surface area contributed by atoms with Gasteiger partial charge in [0.15, 0.2) is 48.0 Å². The number of pyridine rings is 3. The van der Waals surface area contributed by atoms with Crippen LogP contribution in [0.4, 0.5) is 4.39 Å². The lowest BCUT2D eigenvalue weighted by Crippen LogP contribution is -2.02. The van der Waals surface area contributed by atoms with Crippen LogP contribution < -0.4 is 0 Å². The fourth-order valence-electron chi connectivity index (χ4n) is 5.80. The number of rotatable bonds is 10. The maximum absolute atomic E-state index is 13.3. The van der Waals surface area contributed by atoms with Gasteiger partial charge in [-0.2, -0.15) is 0 Å². The number of carbonyl (C=O) groups excluding carboxylic acids is 3. The summed E-state index contributed by atoms with van der Waals surface area (Å²) >= 11 is 0. The summed E-state index contributed by atoms with van der Waals surface area (Å²) < 4.78 is 13.3. The van der Waals surface area contributed by atoms with E-state index in [0.717, 1.165) is 18.5 Å². The van der Waals surface area contributed by atoms with Crippen molar-refractivity contribution in [2.75, 3.05) is 0 Å². The molecule has 0 amide bonds. The third-order valence-corrected chi connectivity index (χ3v) is 9.74. The molecule has 410 valence electrons. The minimum Gasteiger partial charge on any atom is -0.478 e. The number of nitrogens with zero attached hydrogens (tertiary/aromatic N) is 23. The number of ketones is 3. The van der Waals surface area contributed by atoms with Gasteiger partial charge in [-0.1, -0.05) is 20.9 Å². The zero-order valence-corrected chi connectivity index (χ0v) is 42.0. The maximum atomic E-state index is 13.3. The smallest absolute Gasteiger partial charge is 0.338 e. The summed E-state index contributed by atoms with van der Waals surface area (Å²) in [6.07, 6.45) is 8.13. The highest BCUT2D eigenvalue weighted by Gasteiger charge is 2.14. The largest absolute Gasteiger partial charge is 0.478 e. The van der Waals surface area contributed by atoms with E-state index in [9.17, 15) is 28.4 Å². The number of carboxylic acids is 2. The second kappa shape index (κ2) is 30.3. The van der Waals surface area contributed by atoms with Gasteiger partial charge in [0.25, 0.3) is 0 Å². The van der Waals surface area contributed by atoms with E-state index in [1.165, 1.54) is 64.1 Å². The molecule has 0 bridgehead atoms. The molecule has 31 heteroatoms. The van der Waals surface area contributed by atoms with Crippen molar-refractivity contribution in [2.45, 2.75) is 56.4 Å². The molecule has 10 aromatic rings. The summed E-state index contributed by atoms with van der Waals surface area (Å²) in [6, 6.07) is 18.4. The third kappa shape index (κ3) is 18.3. The Hall–Kier alpha value is -11.5. The van der Waals surface area contributed by atoms with Crippen LogP contribution in [0, 0.1) is 26.6 Å². The van der Waals surface area contributed by atoms with Crippen molar-refractivity contribution >= 4 is 29.3 Å². The van der Waals surface area contributed by atoms with E-state index in [1.54, 1.807) is 69.3 Å². The van der Waals surface area contributed by atoms with Gasteiger partial charge in [-0.15, -0.1) is 102 Å². The van der Waals surface area contributed by atoms with Crippen molar-refractivity contribution in [3.63, 3.8) is 0 Å². The van der Waals surface area contributed by atoms with Gasteiger partial charge in [-0.3, -0.25) is 29.3 Å². The summed E-state index contributed by atoms with van der Waals surface area (Å²) in [5.41, 5.74) is 4.83. The molecule has 0 unspecified atom stereocenters. The highest BCUT2D eigenvalue weighted by atomic mass is 19.1. The zero-order valence-electron chi connectivity index (χ0n) is 42.0. The quantitative estimate of drug-likeness (QED) is 0.166. The van der Waals surface area contributed by atoms with E-state index in [4.69, 9.17) is 10.2 Å². The number of aromatic carboxylic acids is 2. The lowest BCUT2D eigenvalue weighted by Gasteiger charge is -2.03. The normalized spacial score (nSPS) is 9.81. The number of carboxylic acid groups (broad SMARTS) is 2. The molecule has 0 aliphatic heterocycles. The van der Waals surface area contributed by atoms with Gasteiger partial charge < -0.3 is 10.2 Å². The first kappa shape index (κ1) is 62.0. The van der Waals surface area contributed by atoms with Crippen molar-refractivity contribution in [3.8, 4) is 57.2 Å². The van der Waals surface area contributed by atoms with Gasteiger partial charge in [0.1, 0.15) is 22.9 Å². The molecule has 30 nitrogen and oxygen atoms in total. The van der Waals surface area contributed by atoms with Gasteiger partial charge in [-0.05, 0) is 107 Å². The average Bonchev–Trinajstić information content (AvgIpc) is 3.47. The van der Waals surface area contributed by atoms with Crippen molar-refractivity contribution in [1.82, 2.24) is 117 Å². The first-order chi connectivity index (χ1) is 38.0. The van der Waals surface area contributed by atoms with Crippen molar-refractivity contribution in [1.29, 1.82) is 0 Å². The maximum Gasteiger partial charge on any atom is 0.338 e. The van der Waals surface area contributed by atoms with Gasteiger partial charge in [0.2, 0.25) is 29.1 Å². The molecule has 2 N–H and O–H groups in total. The summed E-state index contributed by atoms with van der Waals surface area (Å²) in [5, 5.41) is 91.9. The van der Waals surface area contributed by atoms with Crippen LogP contribution in [0.5, 0.6) is 0 Å². The highest BCUT2D eigenvalue weighted by Crippen LogP contribution is 2.20. The van der Waals surface area contributed by atoms with E-state index in [2.05, 4.69) is 117 Å². The standard InChI is InChI=1S/C11H10N4O2.C10H9N5O.C9H5FN4O2.2C9H7N5O.2CH4/c1-6-5-8(3-4-9(6)11(16)17)10-14-12-7(2)13-15-10;1-6(16)8-3-4-9(11-5-8)10-14-12-7(2)13-15-10;10-7-3-5(1-2-6(7)9(15)16)8-13-11-4-12-14-8;1-6(15)8-3-2-7(4-10-8)9-13-11-5-12-14-9;1-6(15)7-2-3-8(10-4-7)9-13-11-5-12-14-9;;/h3-5H,1-2H3,(H,16,17);3-5H,1-2H3;1-4H,(H,15,16);2*2-5H,1H3;2*1H4. The summed E-state index contributed by atoms with van der Waals surface area (Å²) in [5.74, 6) is -0.660. The number of hydrogen-bond acceptors (Lipinski definition) is 28. The molecule has 0 atom stereocenters. The molecule has 8 heterocycles. The van der Waals surface area contributed by atoms with E-state index >= 15 is 0 Å². The second-order valence-electron chi connectivity index (χ2n) is 15.5. The molecule has 0 radical (unpaired) electrons. The van der Waals surface area contributed by atoms with Gasteiger partial charge in [0, 0.05) is 53.3 Å². The first-order valence-electron chi connectivity index (χ1n) is 22.4. The van der Waals surface area contributed by atoms with Crippen LogP contribution in [0.1, 0.15) is 105 Å². The van der Waals surface area contributed by atoms with E-state index < -0.39 is 23.3 Å². The Morgan fingerprint density at radius 2 is 0.778 bits per heavy atom. The van der Waals surface area contributed by atoms with Gasteiger partial charge in [0.05, 0.1) is 11.1 Å². The SMILES string of the molecule is C.C.CC(=O)c1ccc(-c2nnc(C)nn2)nc1.CC(=O)c1ccc(-c2nncnn2)cn1.CC(=O)c1ccc(-c2nncnn2)nc1.Cc1nnc(-c2ccc(C(=O)O)c(C)c2)nn1.O=C(O)c1ccc(-c2nncnn2)cc1F. The molecule has 0 fully saturated rings. The molecule has 2 aromatic carbocycles. The van der Waals surface area contributed by atoms with Crippen LogP contribution in [-0.2, 0) is 0 Å². The van der Waals surface area contributed by atoms with Gasteiger partial charge in [-0.25, -0.2) is 14.0 Å². The first-order valence-corrected chi connectivity index (χ1v) is 22.4. The second-order valence-corrected chi connectivity index (χ2v) is 15.5. The topological polar surface area (TPSA) is 422 Å². The van der Waals surface area contributed by atoms with E-state index in [-0.39, 0.29) is 43.6 Å². The predicted molar refractivity (Wildman–Crippen MR) is 280 cm³/mol. The number of aromatic nitrogens is 23. The molecule has 0 saturated heterocycles. The third-order valence-electron chi connectivity index (χ3n) is 9.74. The number of halogens is 1. The van der Waals surface area contributed by atoms with Crippen molar-refractivity contribution in [3.05, 3.63) is 161 Å². The molecular formula is C50H46FN23O7. The van der Waals surface area contributed by atoms with Crippen LogP contribution in [0.2, 0.25) is 0 Å². The minimum absolute atomic E-state index is 0. The number of carbonyl (C=O) groups is 5. The van der Waals surface area contributed by atoms with E-state index in [1.807, 2.05) is 0 Å². The molecule has 8 aromatic heterocycles. The van der Waals surface area contributed by atoms with Crippen molar-refractivity contribution in [2.24, 2.45) is 0 Å². The average molecular weight is 1100 g/mol. The Bertz CT molecular complexity index is 3590. The van der Waals surface area contributed by atoms with Crippen LogP contribution >= 0.6 is 0 Å². The highest BCUT2D eigenvalue weighted by molar-refractivity contribution is 5.94. The van der Waals surface area contributed by atoms with Crippen LogP contribution in [0.15, 0.2) is 110 Å². The van der Waals surface area contributed by atoms with Crippen LogP contribution in [0.25, 0.3) is 57.2 Å². The lowest BCUT2D eigenvalue weighted by atomic mass is 10.1. The zero-order chi connectivity index (χ0) is 56.8. The van der Waals surface area contributed by atoms with Gasteiger partial charge >= 0.3 is 11.9 Å². The minimum atomic E-state index is -1.32. The Morgan fingerprint density at radius 1 is 0.395 bits per heavy atom. The fourth-order valence-corrected chi connectivity index (χ4v) is 5.80. The monoisotopic (exact) mass is 1100 g/mol. The van der Waals surface area contributed by atoms with E-state index in [0.29, 0.717) is 85.4 Å². The Kier molecular flexibility index (Phi) is 23.2. The number of Topliss-reactive ketones (excluding diaryl/α,β-unsaturated/α-hetero) is 3. The number of aryl methyl sites for hydroxylation is 3. The molecule has 0 saturated carbocycles. The fraction of sp³-hybridized carbons (Fsp3) is 0.160. The number of hydrogen-bond donors (Lipinski definition) is 2. The van der Waals surface area contributed by atoms with Crippen LogP contribution in [-0.4, -0.2) is 156 Å². The Labute approximate surface area is 458 Å². The lowest BCUT2D eigenvalue weighted by molar-refractivity contribution is 0.0682. The van der Waals surface area contributed by atoms with Crippen LogP contribution in [0.3, 0.4) is 0 Å².